The van der Waals surface area contributed by atoms with Gasteiger partial charge in [0.15, 0.2) is 0 Å². The number of piperazine rings is 1. The summed E-state index contributed by atoms with van der Waals surface area (Å²) in [6.45, 7) is 8.39. The van der Waals surface area contributed by atoms with Crippen molar-refractivity contribution in [2.75, 3.05) is 33.3 Å². The molecule has 0 N–H and O–H groups in total. The minimum Gasteiger partial charge on any atom is -0.497 e. The van der Waals surface area contributed by atoms with Gasteiger partial charge >= 0.3 is 0 Å². The second-order valence-corrected chi connectivity index (χ2v) is 7.11. The van der Waals surface area contributed by atoms with Crippen molar-refractivity contribution < 1.29 is 9.53 Å². The molecule has 4 heteroatoms. The number of unbranched alkanes of at least 4 members (excludes halogenated alkanes) is 1. The van der Waals surface area contributed by atoms with Gasteiger partial charge in [0.1, 0.15) is 5.75 Å². The van der Waals surface area contributed by atoms with E-state index in [1.54, 1.807) is 7.11 Å². The van der Waals surface area contributed by atoms with Crippen molar-refractivity contribution in [1.82, 2.24) is 9.80 Å². The topological polar surface area (TPSA) is 32.8 Å². The Hall–Kier alpha value is -1.55. The molecule has 4 nitrogen and oxygen atoms in total. The summed E-state index contributed by atoms with van der Waals surface area (Å²) in [4.78, 5) is 17.0. The van der Waals surface area contributed by atoms with E-state index in [9.17, 15) is 4.79 Å². The summed E-state index contributed by atoms with van der Waals surface area (Å²) in [5, 5.41) is 0. The van der Waals surface area contributed by atoms with E-state index in [4.69, 9.17) is 4.74 Å². The number of ether oxygens (including phenoxy) is 1. The molecule has 140 valence electrons. The maximum atomic E-state index is 12.4. The summed E-state index contributed by atoms with van der Waals surface area (Å²) in [6, 6.07) is 8.78. The molecule has 2 rings (SSSR count). The van der Waals surface area contributed by atoms with Crippen molar-refractivity contribution in [2.24, 2.45) is 0 Å². The Kier molecular flexibility index (Phi) is 8.26. The van der Waals surface area contributed by atoms with Gasteiger partial charge in [-0.1, -0.05) is 31.9 Å². The van der Waals surface area contributed by atoms with Gasteiger partial charge in [0.05, 0.1) is 7.11 Å². The number of rotatable bonds is 9. The Labute approximate surface area is 153 Å². The molecule has 1 unspecified atom stereocenters. The van der Waals surface area contributed by atoms with E-state index >= 15 is 0 Å². The molecule has 1 aliphatic heterocycles. The maximum absolute atomic E-state index is 12.4. The molecule has 0 saturated carbocycles. The fourth-order valence-electron chi connectivity index (χ4n) is 3.49. The second-order valence-electron chi connectivity index (χ2n) is 7.11. The molecular formula is C21H34N2O2. The van der Waals surface area contributed by atoms with E-state index in [0.717, 1.165) is 44.8 Å². The van der Waals surface area contributed by atoms with E-state index < -0.39 is 0 Å². The quantitative estimate of drug-likeness (QED) is 0.683. The molecule has 1 aliphatic rings. The highest BCUT2D eigenvalue weighted by atomic mass is 16.5. The fourth-order valence-corrected chi connectivity index (χ4v) is 3.49. The Morgan fingerprint density at radius 1 is 1.12 bits per heavy atom. The largest absolute Gasteiger partial charge is 0.497 e. The van der Waals surface area contributed by atoms with Gasteiger partial charge in [0.25, 0.3) is 0 Å². The van der Waals surface area contributed by atoms with Crippen LogP contribution >= 0.6 is 0 Å². The summed E-state index contributed by atoms with van der Waals surface area (Å²) in [7, 11) is 1.68. The lowest BCUT2D eigenvalue weighted by Crippen LogP contribution is -2.51. The van der Waals surface area contributed by atoms with Gasteiger partial charge in [-0.2, -0.15) is 0 Å². The second kappa shape index (κ2) is 10.4. The van der Waals surface area contributed by atoms with Crippen LogP contribution in [0.3, 0.4) is 0 Å². The van der Waals surface area contributed by atoms with Gasteiger partial charge in [0.2, 0.25) is 5.91 Å². The monoisotopic (exact) mass is 346 g/mol. The molecule has 1 heterocycles. The van der Waals surface area contributed by atoms with Crippen molar-refractivity contribution in [3.63, 3.8) is 0 Å². The molecule has 25 heavy (non-hydrogen) atoms. The first-order chi connectivity index (χ1) is 12.1. The summed E-state index contributed by atoms with van der Waals surface area (Å²) < 4.78 is 5.17. The highest BCUT2D eigenvalue weighted by Gasteiger charge is 2.23. The number of hydrogen-bond acceptors (Lipinski definition) is 3. The number of hydrogen-bond donors (Lipinski definition) is 0. The smallest absolute Gasteiger partial charge is 0.222 e. The molecule has 0 bridgehead atoms. The summed E-state index contributed by atoms with van der Waals surface area (Å²) in [6.07, 6.45) is 6.34. The zero-order chi connectivity index (χ0) is 18.1. The van der Waals surface area contributed by atoms with E-state index in [1.807, 2.05) is 12.1 Å². The Morgan fingerprint density at radius 3 is 2.40 bits per heavy atom. The molecule has 0 aromatic heterocycles. The number of benzene rings is 1. The number of nitrogens with zero attached hydrogens (tertiary/aromatic N) is 2. The fraction of sp³-hybridized carbons (Fsp3) is 0.667. The highest BCUT2D eigenvalue weighted by molar-refractivity contribution is 5.76. The molecule has 1 fully saturated rings. The Balaban J connectivity index is 1.66. The number of carbonyl (C=O) groups excluding carboxylic acids is 1. The number of aryl methyl sites for hydroxylation is 1. The van der Waals surface area contributed by atoms with Crippen LogP contribution in [0, 0.1) is 0 Å². The van der Waals surface area contributed by atoms with Crippen LogP contribution in [0.25, 0.3) is 0 Å². The minimum absolute atomic E-state index is 0.314. The summed E-state index contributed by atoms with van der Waals surface area (Å²) >= 11 is 0. The average molecular weight is 347 g/mol. The first-order valence-corrected chi connectivity index (χ1v) is 9.78. The van der Waals surface area contributed by atoms with Crippen LogP contribution in [0.15, 0.2) is 24.3 Å². The van der Waals surface area contributed by atoms with E-state index in [-0.39, 0.29) is 0 Å². The standard InChI is InChI=1S/C21H34N2O2/c1-4-5-7-18(2)22-14-16-23(17-15-22)21(24)9-6-8-19-10-12-20(25-3)13-11-19/h10-13,18H,4-9,14-17H2,1-3H3. The molecule has 1 aromatic rings. The number of amides is 1. The van der Waals surface area contributed by atoms with Crippen LogP contribution < -0.4 is 4.74 Å². The zero-order valence-corrected chi connectivity index (χ0v) is 16.2. The van der Waals surface area contributed by atoms with E-state index in [2.05, 4.69) is 35.8 Å². The Morgan fingerprint density at radius 2 is 1.80 bits per heavy atom. The summed E-state index contributed by atoms with van der Waals surface area (Å²) in [5.41, 5.74) is 1.27. The van der Waals surface area contributed by atoms with Crippen molar-refractivity contribution in [3.8, 4) is 5.75 Å². The lowest BCUT2D eigenvalue weighted by atomic mass is 10.1. The third-order valence-corrected chi connectivity index (χ3v) is 5.28. The third-order valence-electron chi connectivity index (χ3n) is 5.28. The number of carbonyl (C=O) groups is 1. The SMILES string of the molecule is CCCCC(C)N1CCN(C(=O)CCCc2ccc(OC)cc2)CC1. The van der Waals surface area contributed by atoms with E-state index in [0.29, 0.717) is 18.4 Å². The molecule has 1 amide bonds. The van der Waals surface area contributed by atoms with Crippen LogP contribution in [0.2, 0.25) is 0 Å². The molecular weight excluding hydrogens is 312 g/mol. The predicted molar refractivity (Wildman–Crippen MR) is 103 cm³/mol. The average Bonchev–Trinajstić information content (AvgIpc) is 2.66. The van der Waals surface area contributed by atoms with Crippen molar-refractivity contribution in [3.05, 3.63) is 29.8 Å². The Bertz CT molecular complexity index is 507. The van der Waals surface area contributed by atoms with Gasteiger partial charge in [-0.15, -0.1) is 0 Å². The van der Waals surface area contributed by atoms with Crippen molar-refractivity contribution in [1.29, 1.82) is 0 Å². The third kappa shape index (κ3) is 6.35. The van der Waals surface area contributed by atoms with Gasteiger partial charge in [-0.05, 0) is 43.9 Å². The lowest BCUT2D eigenvalue weighted by Gasteiger charge is -2.38. The lowest BCUT2D eigenvalue weighted by molar-refractivity contribution is -0.133. The predicted octanol–water partition coefficient (Wildman–Crippen LogP) is 3.74. The molecule has 1 aromatic carbocycles. The minimum atomic E-state index is 0.314. The van der Waals surface area contributed by atoms with Crippen LogP contribution in [0.5, 0.6) is 5.75 Å². The van der Waals surface area contributed by atoms with Gasteiger partial charge in [-0.25, -0.2) is 0 Å². The first kappa shape index (κ1) is 19.8. The molecule has 0 radical (unpaired) electrons. The molecule has 0 aliphatic carbocycles. The highest BCUT2D eigenvalue weighted by Crippen LogP contribution is 2.15. The molecule has 0 spiro atoms. The zero-order valence-electron chi connectivity index (χ0n) is 16.2. The van der Waals surface area contributed by atoms with Gasteiger partial charge in [0, 0.05) is 38.6 Å². The first-order valence-electron chi connectivity index (χ1n) is 9.78. The van der Waals surface area contributed by atoms with Crippen LogP contribution in [0.1, 0.15) is 51.5 Å². The van der Waals surface area contributed by atoms with Crippen LogP contribution in [-0.4, -0.2) is 55.0 Å². The van der Waals surface area contributed by atoms with Crippen LogP contribution in [0.4, 0.5) is 0 Å². The number of methoxy groups -OCH3 is 1. The normalized spacial score (nSPS) is 16.7. The maximum Gasteiger partial charge on any atom is 0.222 e. The van der Waals surface area contributed by atoms with Crippen molar-refractivity contribution >= 4 is 5.91 Å². The summed E-state index contributed by atoms with van der Waals surface area (Å²) in [5.74, 6) is 1.19. The van der Waals surface area contributed by atoms with Crippen LogP contribution in [-0.2, 0) is 11.2 Å². The molecule has 1 atom stereocenters. The molecule has 1 saturated heterocycles. The van der Waals surface area contributed by atoms with Crippen molar-refractivity contribution in [2.45, 2.75) is 58.4 Å². The van der Waals surface area contributed by atoms with Gasteiger partial charge < -0.3 is 9.64 Å². The van der Waals surface area contributed by atoms with E-state index in [1.165, 1.54) is 24.8 Å². The van der Waals surface area contributed by atoms with Gasteiger partial charge in [-0.3, -0.25) is 9.69 Å².